The van der Waals surface area contributed by atoms with Gasteiger partial charge in [0.2, 0.25) is 0 Å². The zero-order valence-electron chi connectivity index (χ0n) is 23.8. The Balaban J connectivity index is 0.000000257. The van der Waals surface area contributed by atoms with Gasteiger partial charge in [-0.15, -0.1) is 0 Å². The van der Waals surface area contributed by atoms with Crippen molar-refractivity contribution in [1.29, 1.82) is 0 Å². The first-order valence-corrected chi connectivity index (χ1v) is 15.3. The van der Waals surface area contributed by atoms with Crippen molar-refractivity contribution in [3.63, 3.8) is 0 Å². The van der Waals surface area contributed by atoms with E-state index < -0.39 is 0 Å². The van der Waals surface area contributed by atoms with Crippen LogP contribution >= 0.6 is 11.6 Å². The summed E-state index contributed by atoms with van der Waals surface area (Å²) in [7, 11) is 1.73. The Morgan fingerprint density at radius 1 is 1.03 bits per heavy atom. The molecule has 0 bridgehead atoms. The van der Waals surface area contributed by atoms with Crippen molar-refractivity contribution in [1.82, 2.24) is 10.1 Å². The quantitative estimate of drug-likeness (QED) is 0.313. The summed E-state index contributed by atoms with van der Waals surface area (Å²) in [4.78, 5) is 15.7. The Morgan fingerprint density at radius 2 is 1.71 bits per heavy atom. The molecule has 1 aliphatic heterocycles. The maximum atomic E-state index is 10.7. The SMILES string of the molecule is CCCC1CCC(CCN2CCN(c3noc4cc(Cl)ccc34)CC2)CC1.COCC1CC(CC(C)=O)C1. The van der Waals surface area contributed by atoms with Crippen molar-refractivity contribution in [3.05, 3.63) is 23.2 Å². The van der Waals surface area contributed by atoms with Crippen molar-refractivity contribution in [3.8, 4) is 0 Å². The fourth-order valence-electron chi connectivity index (χ4n) is 6.71. The van der Waals surface area contributed by atoms with E-state index in [-0.39, 0.29) is 0 Å². The minimum Gasteiger partial charge on any atom is -0.384 e. The van der Waals surface area contributed by atoms with Gasteiger partial charge in [-0.25, -0.2) is 0 Å². The Bertz CT molecular complexity index is 989. The molecule has 1 aromatic heterocycles. The van der Waals surface area contributed by atoms with Gasteiger partial charge in [0.15, 0.2) is 11.4 Å². The number of halogens is 1. The predicted octanol–water partition coefficient (Wildman–Crippen LogP) is 7.24. The average Bonchev–Trinajstić information content (AvgIpc) is 3.31. The topological polar surface area (TPSA) is 58.8 Å². The largest absolute Gasteiger partial charge is 0.384 e. The van der Waals surface area contributed by atoms with Crippen LogP contribution in [0.5, 0.6) is 0 Å². The van der Waals surface area contributed by atoms with E-state index in [1.165, 1.54) is 64.3 Å². The van der Waals surface area contributed by atoms with E-state index in [0.717, 1.165) is 73.7 Å². The van der Waals surface area contributed by atoms with Crippen LogP contribution in [0.4, 0.5) is 5.82 Å². The summed E-state index contributed by atoms with van der Waals surface area (Å²) in [6, 6.07) is 5.78. The van der Waals surface area contributed by atoms with E-state index in [1.807, 2.05) is 18.2 Å². The van der Waals surface area contributed by atoms with Crippen LogP contribution in [0.1, 0.15) is 78.1 Å². The molecule has 0 N–H and O–H groups in total. The second kappa shape index (κ2) is 14.7. The highest BCUT2D eigenvalue weighted by Crippen LogP contribution is 2.36. The number of ether oxygens (including phenoxy) is 1. The zero-order valence-corrected chi connectivity index (χ0v) is 24.6. The number of fused-ring (bicyclic) bond motifs is 1. The van der Waals surface area contributed by atoms with E-state index in [4.69, 9.17) is 20.9 Å². The third-order valence-corrected chi connectivity index (χ3v) is 9.15. The molecular weight excluding hydrogens is 498 g/mol. The number of Topliss-reactive ketones (excluding diaryl/α,β-unsaturated/α-hetero) is 1. The molecule has 2 aliphatic carbocycles. The molecule has 0 amide bonds. The zero-order chi connectivity index (χ0) is 26.9. The van der Waals surface area contributed by atoms with Crippen molar-refractivity contribution in [2.75, 3.05) is 51.3 Å². The Morgan fingerprint density at radius 3 is 2.34 bits per heavy atom. The van der Waals surface area contributed by atoms with Gasteiger partial charge in [-0.2, -0.15) is 0 Å². The van der Waals surface area contributed by atoms with E-state index >= 15 is 0 Å². The normalized spacial score (nSPS) is 26.1. The number of anilines is 1. The smallest absolute Gasteiger partial charge is 0.180 e. The molecule has 212 valence electrons. The molecule has 0 radical (unpaired) electrons. The van der Waals surface area contributed by atoms with Gasteiger partial charge in [-0.05, 0) is 68.5 Å². The number of carbonyl (C=O) groups excluding carboxylic acids is 1. The highest BCUT2D eigenvalue weighted by atomic mass is 35.5. The molecule has 0 spiro atoms. The number of benzene rings is 1. The first-order chi connectivity index (χ1) is 18.4. The Hall–Kier alpha value is -1.63. The average molecular weight is 546 g/mol. The monoisotopic (exact) mass is 545 g/mol. The lowest BCUT2D eigenvalue weighted by Crippen LogP contribution is -2.47. The molecule has 2 saturated carbocycles. The van der Waals surface area contributed by atoms with Crippen molar-refractivity contribution >= 4 is 34.2 Å². The number of carbonyl (C=O) groups is 1. The van der Waals surface area contributed by atoms with E-state index in [0.29, 0.717) is 16.7 Å². The standard InChI is InChI=1S/C22H32ClN3O.C9H16O2/c1-2-3-17-4-6-18(7-5-17)10-11-25-12-14-26(15-13-25)22-20-9-8-19(23)16-21(20)27-24-22;1-7(10)3-8-4-9(5-8)6-11-2/h8-9,16-18H,2-7,10-15H2,1H3;8-9H,3-6H2,1-2H3. The molecule has 2 aromatic rings. The molecule has 2 heterocycles. The molecule has 7 heteroatoms. The van der Waals surface area contributed by atoms with Crippen molar-refractivity contribution in [2.45, 2.75) is 78.1 Å². The third-order valence-electron chi connectivity index (χ3n) is 8.92. The molecule has 38 heavy (non-hydrogen) atoms. The summed E-state index contributed by atoms with van der Waals surface area (Å²) < 4.78 is 10.5. The van der Waals surface area contributed by atoms with Crippen molar-refractivity contribution in [2.24, 2.45) is 23.7 Å². The molecule has 5 rings (SSSR count). The number of hydrogen-bond donors (Lipinski definition) is 0. The summed E-state index contributed by atoms with van der Waals surface area (Å²) in [6.07, 6.45) is 13.2. The molecule has 1 aromatic carbocycles. The third kappa shape index (κ3) is 8.43. The first kappa shape index (κ1) is 29.4. The molecular formula is C31H48ClN3O3. The predicted molar refractivity (Wildman–Crippen MR) is 156 cm³/mol. The highest BCUT2D eigenvalue weighted by molar-refractivity contribution is 6.31. The van der Waals surface area contributed by atoms with Gasteiger partial charge in [0.25, 0.3) is 0 Å². The summed E-state index contributed by atoms with van der Waals surface area (Å²) in [6.45, 7) is 10.4. The van der Waals surface area contributed by atoms with Crippen LogP contribution in [-0.2, 0) is 9.53 Å². The lowest BCUT2D eigenvalue weighted by atomic mass is 9.73. The summed E-state index contributed by atoms with van der Waals surface area (Å²) in [5.74, 6) is 4.65. The maximum Gasteiger partial charge on any atom is 0.180 e. The summed E-state index contributed by atoms with van der Waals surface area (Å²) in [5, 5.41) is 6.06. The van der Waals surface area contributed by atoms with Crippen LogP contribution in [-0.4, -0.2) is 62.3 Å². The minimum atomic E-state index is 0.325. The lowest BCUT2D eigenvalue weighted by Gasteiger charge is -2.36. The molecule has 1 saturated heterocycles. The molecule has 3 fully saturated rings. The van der Waals surface area contributed by atoms with E-state index in [1.54, 1.807) is 14.0 Å². The van der Waals surface area contributed by atoms with E-state index in [9.17, 15) is 4.79 Å². The number of rotatable bonds is 10. The minimum absolute atomic E-state index is 0.325. The van der Waals surface area contributed by atoms with Crippen LogP contribution in [0, 0.1) is 23.7 Å². The van der Waals surface area contributed by atoms with Crippen LogP contribution in [0.2, 0.25) is 5.02 Å². The number of hydrogen-bond acceptors (Lipinski definition) is 6. The van der Waals surface area contributed by atoms with Gasteiger partial charge >= 0.3 is 0 Å². The van der Waals surface area contributed by atoms with Gasteiger partial charge in [-0.1, -0.05) is 62.2 Å². The van der Waals surface area contributed by atoms with E-state index in [2.05, 4.69) is 21.9 Å². The second-order valence-corrected chi connectivity index (χ2v) is 12.4. The van der Waals surface area contributed by atoms with Gasteiger partial charge in [0.05, 0.1) is 5.39 Å². The van der Waals surface area contributed by atoms with Gasteiger partial charge in [-0.3, -0.25) is 4.90 Å². The fraction of sp³-hybridized carbons (Fsp3) is 0.742. The van der Waals surface area contributed by atoms with Gasteiger partial charge in [0.1, 0.15) is 5.78 Å². The van der Waals surface area contributed by atoms with Crippen LogP contribution in [0.3, 0.4) is 0 Å². The lowest BCUT2D eigenvalue weighted by molar-refractivity contribution is -0.119. The Labute approximate surface area is 234 Å². The van der Waals surface area contributed by atoms with Crippen LogP contribution < -0.4 is 4.90 Å². The molecule has 0 atom stereocenters. The van der Waals surface area contributed by atoms with Gasteiger partial charge in [0, 0.05) is 57.4 Å². The van der Waals surface area contributed by atoms with Gasteiger partial charge < -0.3 is 19.0 Å². The van der Waals surface area contributed by atoms with Crippen LogP contribution in [0.25, 0.3) is 11.0 Å². The summed E-state index contributed by atoms with van der Waals surface area (Å²) >= 11 is 6.05. The number of methoxy groups -OCH3 is 1. The maximum absolute atomic E-state index is 10.7. The number of nitrogens with zero attached hydrogens (tertiary/aromatic N) is 3. The highest BCUT2D eigenvalue weighted by Gasteiger charge is 2.29. The summed E-state index contributed by atoms with van der Waals surface area (Å²) in [5.41, 5.74) is 0.776. The second-order valence-electron chi connectivity index (χ2n) is 12.0. The molecule has 6 nitrogen and oxygen atoms in total. The number of aromatic nitrogens is 1. The van der Waals surface area contributed by atoms with Crippen molar-refractivity contribution < 1.29 is 14.1 Å². The Kier molecular flexibility index (Phi) is 11.3. The number of piperazine rings is 1. The first-order valence-electron chi connectivity index (χ1n) is 15.0. The molecule has 3 aliphatic rings. The number of ketones is 1. The van der Waals surface area contributed by atoms with Crippen LogP contribution in [0.15, 0.2) is 22.7 Å². The fourth-order valence-corrected chi connectivity index (χ4v) is 6.87. The molecule has 0 unspecified atom stereocenters.